The van der Waals surface area contributed by atoms with Crippen molar-refractivity contribution in [2.45, 2.75) is 32.5 Å². The summed E-state index contributed by atoms with van der Waals surface area (Å²) in [6.45, 7) is 6.08. The highest BCUT2D eigenvalue weighted by atomic mass is 35.5. The second kappa shape index (κ2) is 11.0. The first kappa shape index (κ1) is 25.1. The van der Waals surface area contributed by atoms with Crippen molar-refractivity contribution in [3.63, 3.8) is 0 Å². The van der Waals surface area contributed by atoms with Crippen LogP contribution in [0.4, 0.5) is 5.00 Å². The molecule has 0 unspecified atom stereocenters. The van der Waals surface area contributed by atoms with Gasteiger partial charge in [-0.3, -0.25) is 4.79 Å². The minimum atomic E-state index is -0.518. The molecule has 1 aromatic carbocycles. The molecule has 0 saturated heterocycles. The minimum Gasteiger partial charge on any atom is -0.462 e. The third-order valence-corrected chi connectivity index (χ3v) is 7.21. The fourth-order valence-corrected chi connectivity index (χ4v) is 5.33. The predicted molar refractivity (Wildman–Crippen MR) is 130 cm³/mol. The third-order valence-electron chi connectivity index (χ3n) is 4.51. The van der Waals surface area contributed by atoms with Gasteiger partial charge in [0.15, 0.2) is 11.0 Å². The van der Waals surface area contributed by atoms with E-state index in [1.54, 1.807) is 32.0 Å². The molecule has 0 bridgehead atoms. The molecule has 12 heteroatoms. The van der Waals surface area contributed by atoms with Crippen molar-refractivity contribution in [3.05, 3.63) is 44.2 Å². The number of thiophene rings is 1. The van der Waals surface area contributed by atoms with Crippen molar-refractivity contribution in [2.75, 3.05) is 17.7 Å². The van der Waals surface area contributed by atoms with Crippen LogP contribution < -0.4 is 5.32 Å². The van der Waals surface area contributed by atoms with Gasteiger partial charge in [0, 0.05) is 17.1 Å². The van der Waals surface area contributed by atoms with Gasteiger partial charge < -0.3 is 14.6 Å². The van der Waals surface area contributed by atoms with Crippen LogP contribution in [-0.4, -0.2) is 39.0 Å². The zero-order valence-corrected chi connectivity index (χ0v) is 21.1. The molecule has 1 N–H and O–H groups in total. The number of benzene rings is 1. The van der Waals surface area contributed by atoms with E-state index >= 15 is 0 Å². The Kier molecular flexibility index (Phi) is 8.37. The van der Waals surface area contributed by atoms with E-state index in [1.807, 2.05) is 17.6 Å². The standard InChI is InChI=1S/C21H19Cl2N5O3S2/c1-4-28-18(13-7-6-12(22)8-15(13)23)26-27-21(28)32-10-16(29)25-19-14(9-24)11(3)17(33-19)20(30)31-5-2/h6-8H,4-5,10H2,1-3H3,(H,25,29). The van der Waals surface area contributed by atoms with E-state index in [0.29, 0.717) is 48.6 Å². The number of hydrogen-bond acceptors (Lipinski definition) is 8. The maximum atomic E-state index is 12.6. The van der Waals surface area contributed by atoms with Gasteiger partial charge in [0.25, 0.3) is 0 Å². The highest BCUT2D eigenvalue weighted by Gasteiger charge is 2.23. The molecule has 3 aromatic rings. The van der Waals surface area contributed by atoms with E-state index in [4.69, 9.17) is 27.9 Å². The lowest BCUT2D eigenvalue weighted by molar-refractivity contribution is -0.113. The van der Waals surface area contributed by atoms with E-state index in [9.17, 15) is 14.9 Å². The number of halogens is 2. The largest absolute Gasteiger partial charge is 0.462 e. The first-order valence-corrected chi connectivity index (χ1v) is 12.4. The normalized spacial score (nSPS) is 10.7. The van der Waals surface area contributed by atoms with Gasteiger partial charge >= 0.3 is 5.97 Å². The molecule has 0 fully saturated rings. The van der Waals surface area contributed by atoms with Crippen molar-refractivity contribution in [1.29, 1.82) is 5.26 Å². The number of thioether (sulfide) groups is 1. The van der Waals surface area contributed by atoms with Crippen LogP contribution in [0.15, 0.2) is 23.4 Å². The van der Waals surface area contributed by atoms with E-state index < -0.39 is 5.97 Å². The van der Waals surface area contributed by atoms with E-state index in [1.165, 1.54) is 11.8 Å². The van der Waals surface area contributed by atoms with Gasteiger partial charge in [0.05, 0.1) is 22.9 Å². The van der Waals surface area contributed by atoms with Crippen LogP contribution in [-0.2, 0) is 16.1 Å². The zero-order valence-electron chi connectivity index (χ0n) is 17.9. The molecule has 3 rings (SSSR count). The molecule has 172 valence electrons. The summed E-state index contributed by atoms with van der Waals surface area (Å²) in [4.78, 5) is 25.0. The number of nitrogens with one attached hydrogen (secondary N) is 1. The van der Waals surface area contributed by atoms with Gasteiger partial charge in [-0.05, 0) is 44.5 Å². The minimum absolute atomic E-state index is 0.0308. The van der Waals surface area contributed by atoms with Crippen LogP contribution in [0.3, 0.4) is 0 Å². The lowest BCUT2D eigenvalue weighted by Crippen LogP contribution is -2.14. The number of rotatable bonds is 8. The summed E-state index contributed by atoms with van der Waals surface area (Å²) in [6, 6.07) is 7.16. The Morgan fingerprint density at radius 2 is 2.06 bits per heavy atom. The second-order valence-electron chi connectivity index (χ2n) is 6.60. The highest BCUT2D eigenvalue weighted by Crippen LogP contribution is 2.34. The van der Waals surface area contributed by atoms with Crippen LogP contribution in [0.25, 0.3) is 11.4 Å². The van der Waals surface area contributed by atoms with Crippen molar-refractivity contribution in [2.24, 2.45) is 0 Å². The summed E-state index contributed by atoms with van der Waals surface area (Å²) in [6.07, 6.45) is 0. The SMILES string of the molecule is CCOC(=O)c1sc(NC(=O)CSc2nnc(-c3ccc(Cl)cc3Cl)n2CC)c(C#N)c1C. The molecule has 0 aliphatic carbocycles. The van der Waals surface area contributed by atoms with E-state index in [2.05, 4.69) is 15.5 Å². The molecule has 33 heavy (non-hydrogen) atoms. The quantitative estimate of drug-likeness (QED) is 0.310. The highest BCUT2D eigenvalue weighted by molar-refractivity contribution is 7.99. The van der Waals surface area contributed by atoms with E-state index in [-0.39, 0.29) is 23.8 Å². The molecule has 0 saturated carbocycles. The maximum absolute atomic E-state index is 12.6. The predicted octanol–water partition coefficient (Wildman–Crippen LogP) is 5.42. The van der Waals surface area contributed by atoms with Crippen molar-refractivity contribution in [1.82, 2.24) is 14.8 Å². The fourth-order valence-electron chi connectivity index (χ4n) is 2.97. The number of aromatic nitrogens is 3. The molecule has 2 aromatic heterocycles. The summed E-state index contributed by atoms with van der Waals surface area (Å²) in [5, 5.41) is 22.4. The Bertz CT molecular complexity index is 1250. The Morgan fingerprint density at radius 1 is 1.30 bits per heavy atom. The Hall–Kier alpha value is -2.58. The molecule has 8 nitrogen and oxygen atoms in total. The number of nitriles is 1. The monoisotopic (exact) mass is 523 g/mol. The molecule has 0 aliphatic heterocycles. The summed E-state index contributed by atoms with van der Waals surface area (Å²) in [5.74, 6) is -0.259. The van der Waals surface area contributed by atoms with Crippen molar-refractivity contribution < 1.29 is 14.3 Å². The molecule has 0 spiro atoms. The van der Waals surface area contributed by atoms with Gasteiger partial charge in [0.2, 0.25) is 5.91 Å². The Balaban J connectivity index is 1.75. The molecule has 0 radical (unpaired) electrons. The molecule has 0 atom stereocenters. The molecular weight excluding hydrogens is 505 g/mol. The number of anilines is 1. The van der Waals surface area contributed by atoms with Crippen LogP contribution in [0, 0.1) is 18.3 Å². The number of ether oxygens (including phenoxy) is 1. The molecule has 1 amide bonds. The Morgan fingerprint density at radius 3 is 2.70 bits per heavy atom. The third kappa shape index (κ3) is 5.50. The van der Waals surface area contributed by atoms with Gasteiger partial charge in [-0.2, -0.15) is 5.26 Å². The van der Waals surface area contributed by atoms with Gasteiger partial charge in [-0.25, -0.2) is 4.79 Å². The van der Waals surface area contributed by atoms with Gasteiger partial charge in [0.1, 0.15) is 15.9 Å². The summed E-state index contributed by atoms with van der Waals surface area (Å²) in [7, 11) is 0. The van der Waals surface area contributed by atoms with Crippen LogP contribution in [0.5, 0.6) is 0 Å². The molecule has 2 heterocycles. The first-order chi connectivity index (χ1) is 15.8. The first-order valence-electron chi connectivity index (χ1n) is 9.82. The average molecular weight is 524 g/mol. The second-order valence-corrected chi connectivity index (χ2v) is 9.41. The van der Waals surface area contributed by atoms with Crippen LogP contribution in [0.1, 0.15) is 34.6 Å². The molecular formula is C21H19Cl2N5O3S2. The number of hydrogen-bond donors (Lipinski definition) is 1. The number of nitrogens with zero attached hydrogens (tertiary/aromatic N) is 4. The maximum Gasteiger partial charge on any atom is 0.348 e. The lowest BCUT2D eigenvalue weighted by Gasteiger charge is -2.09. The number of carbonyl (C=O) groups excluding carboxylic acids is 2. The number of esters is 1. The lowest BCUT2D eigenvalue weighted by atomic mass is 10.2. The Labute approximate surface area is 208 Å². The fraction of sp³-hybridized carbons (Fsp3) is 0.286. The zero-order chi connectivity index (χ0) is 24.1. The number of amides is 1. The number of carbonyl (C=O) groups is 2. The van der Waals surface area contributed by atoms with Crippen molar-refractivity contribution >= 4 is 63.2 Å². The van der Waals surface area contributed by atoms with Crippen molar-refractivity contribution in [3.8, 4) is 17.5 Å². The topological polar surface area (TPSA) is 110 Å². The summed E-state index contributed by atoms with van der Waals surface area (Å²) < 4.78 is 6.87. The average Bonchev–Trinajstić information content (AvgIpc) is 3.32. The summed E-state index contributed by atoms with van der Waals surface area (Å²) >= 11 is 14.5. The van der Waals surface area contributed by atoms with Gasteiger partial charge in [-0.15, -0.1) is 21.5 Å². The van der Waals surface area contributed by atoms with Crippen LogP contribution in [0.2, 0.25) is 10.0 Å². The van der Waals surface area contributed by atoms with Gasteiger partial charge in [-0.1, -0.05) is 35.0 Å². The molecule has 0 aliphatic rings. The summed E-state index contributed by atoms with van der Waals surface area (Å²) in [5.41, 5.74) is 1.42. The van der Waals surface area contributed by atoms with E-state index in [0.717, 1.165) is 11.3 Å². The van der Waals surface area contributed by atoms with Crippen LogP contribution >= 0.6 is 46.3 Å². The smallest absolute Gasteiger partial charge is 0.348 e.